The highest BCUT2D eigenvalue weighted by atomic mass is 32.1. The van der Waals surface area contributed by atoms with Crippen LogP contribution in [0.15, 0.2) is 54.6 Å². The second kappa shape index (κ2) is 10.5. The largest absolute Gasteiger partial charge is 0.451 e. The van der Waals surface area contributed by atoms with E-state index in [0.29, 0.717) is 16.3 Å². The van der Waals surface area contributed by atoms with Crippen molar-refractivity contribution in [2.75, 3.05) is 38.2 Å². The van der Waals surface area contributed by atoms with E-state index in [2.05, 4.69) is 15.2 Å². The van der Waals surface area contributed by atoms with E-state index < -0.39 is 5.97 Å². The Morgan fingerprint density at radius 2 is 1.81 bits per heavy atom. The van der Waals surface area contributed by atoms with Crippen molar-refractivity contribution in [3.63, 3.8) is 0 Å². The predicted molar refractivity (Wildman–Crippen MR) is 124 cm³/mol. The second-order valence-electron chi connectivity index (χ2n) is 7.51. The van der Waals surface area contributed by atoms with E-state index >= 15 is 0 Å². The van der Waals surface area contributed by atoms with Crippen LogP contribution in [0.3, 0.4) is 0 Å². The molecule has 0 radical (unpaired) electrons. The molecule has 1 aromatic heterocycles. The highest BCUT2D eigenvalue weighted by Crippen LogP contribution is 2.28. The van der Waals surface area contributed by atoms with Gasteiger partial charge in [0.15, 0.2) is 6.61 Å². The lowest BCUT2D eigenvalue weighted by Gasteiger charge is -2.26. The first-order valence-electron chi connectivity index (χ1n) is 10.5. The van der Waals surface area contributed by atoms with E-state index in [-0.39, 0.29) is 12.5 Å². The van der Waals surface area contributed by atoms with E-state index in [0.717, 1.165) is 43.4 Å². The van der Waals surface area contributed by atoms with Crippen LogP contribution < -0.4 is 5.32 Å². The van der Waals surface area contributed by atoms with Gasteiger partial charge in [-0.3, -0.25) is 9.69 Å². The van der Waals surface area contributed by atoms with Crippen LogP contribution in [0, 0.1) is 6.92 Å². The van der Waals surface area contributed by atoms with E-state index in [1.807, 2.05) is 54.6 Å². The maximum Gasteiger partial charge on any atom is 0.350 e. The lowest BCUT2D eigenvalue weighted by atomic mass is 10.2. The molecule has 2 heterocycles. The lowest BCUT2D eigenvalue weighted by molar-refractivity contribution is -0.119. The molecule has 0 bridgehead atoms. The van der Waals surface area contributed by atoms with Crippen LogP contribution in [0.25, 0.3) is 10.6 Å². The van der Waals surface area contributed by atoms with Crippen LogP contribution in [-0.2, 0) is 20.8 Å². The molecule has 0 spiro atoms. The topological polar surface area (TPSA) is 80.8 Å². The van der Waals surface area contributed by atoms with Crippen LogP contribution in [0.2, 0.25) is 0 Å². The van der Waals surface area contributed by atoms with E-state index in [1.54, 1.807) is 6.92 Å². The van der Waals surface area contributed by atoms with Gasteiger partial charge in [0.25, 0.3) is 5.91 Å². The summed E-state index contributed by atoms with van der Waals surface area (Å²) < 4.78 is 10.6. The molecule has 0 atom stereocenters. The van der Waals surface area contributed by atoms with Gasteiger partial charge in [0.2, 0.25) is 0 Å². The molecule has 1 fully saturated rings. The summed E-state index contributed by atoms with van der Waals surface area (Å²) in [6.45, 7) is 5.65. The third kappa shape index (κ3) is 5.79. The molecule has 1 saturated heterocycles. The molecule has 8 heteroatoms. The first kappa shape index (κ1) is 22.1. The molecule has 4 rings (SSSR count). The zero-order valence-corrected chi connectivity index (χ0v) is 18.7. The number of esters is 1. The molecular weight excluding hydrogens is 426 g/mol. The fraction of sp³-hybridized carbons (Fsp3) is 0.292. The van der Waals surface area contributed by atoms with Crippen LogP contribution in [0.1, 0.15) is 20.9 Å². The highest BCUT2D eigenvalue weighted by Gasteiger charge is 2.19. The van der Waals surface area contributed by atoms with E-state index in [9.17, 15) is 9.59 Å². The minimum absolute atomic E-state index is 0.355. The molecule has 1 aliphatic rings. The maximum absolute atomic E-state index is 12.5. The number of ether oxygens (including phenoxy) is 2. The van der Waals surface area contributed by atoms with E-state index in [4.69, 9.17) is 9.47 Å². The molecule has 7 nitrogen and oxygen atoms in total. The molecule has 2 aromatic carbocycles. The van der Waals surface area contributed by atoms with Gasteiger partial charge in [-0.2, -0.15) is 0 Å². The van der Waals surface area contributed by atoms with Gasteiger partial charge in [-0.15, -0.1) is 11.3 Å². The molecule has 0 unspecified atom stereocenters. The number of aryl methyl sites for hydroxylation is 1. The number of amides is 1. The van der Waals surface area contributed by atoms with E-state index in [1.165, 1.54) is 16.9 Å². The molecule has 1 amide bonds. The average Bonchev–Trinajstić information content (AvgIpc) is 3.22. The standard InChI is InChI=1S/C24H25N3O4S/c1-17-22(32-23(25-17)19-5-3-2-4-6-19)24(29)31-16-21(28)26-20-9-7-18(8-10-20)15-27-11-13-30-14-12-27/h2-10H,11-16H2,1H3,(H,26,28). The number of hydrogen-bond acceptors (Lipinski definition) is 7. The van der Waals surface area contributed by atoms with Gasteiger partial charge in [-0.05, 0) is 24.6 Å². The van der Waals surface area contributed by atoms with Gasteiger partial charge in [-0.25, -0.2) is 9.78 Å². The van der Waals surface area contributed by atoms with Crippen LogP contribution in [0.5, 0.6) is 0 Å². The van der Waals surface area contributed by atoms with Crippen molar-refractivity contribution in [1.82, 2.24) is 9.88 Å². The maximum atomic E-state index is 12.5. The molecule has 1 N–H and O–H groups in total. The number of morpholine rings is 1. The number of thiazole rings is 1. The van der Waals surface area contributed by atoms with Crippen LogP contribution in [-0.4, -0.2) is 54.7 Å². The quantitative estimate of drug-likeness (QED) is 0.551. The summed E-state index contributed by atoms with van der Waals surface area (Å²) in [6.07, 6.45) is 0. The Bertz CT molecular complexity index is 1060. The van der Waals surface area contributed by atoms with Crippen molar-refractivity contribution in [2.45, 2.75) is 13.5 Å². The van der Waals surface area contributed by atoms with Crippen molar-refractivity contribution < 1.29 is 19.1 Å². The third-order valence-electron chi connectivity index (χ3n) is 5.08. The number of rotatable bonds is 7. The number of nitrogens with zero attached hydrogens (tertiary/aromatic N) is 2. The number of hydrogen-bond donors (Lipinski definition) is 1. The lowest BCUT2D eigenvalue weighted by Crippen LogP contribution is -2.35. The smallest absolute Gasteiger partial charge is 0.350 e. The fourth-order valence-electron chi connectivity index (χ4n) is 3.39. The Hall–Kier alpha value is -3.07. The highest BCUT2D eigenvalue weighted by molar-refractivity contribution is 7.17. The van der Waals surface area contributed by atoms with Crippen molar-refractivity contribution in [3.05, 3.63) is 70.7 Å². The zero-order valence-electron chi connectivity index (χ0n) is 17.9. The molecular formula is C24H25N3O4S. The van der Waals surface area contributed by atoms with Gasteiger partial charge < -0.3 is 14.8 Å². The molecule has 1 aliphatic heterocycles. The third-order valence-corrected chi connectivity index (χ3v) is 6.27. The number of benzene rings is 2. The Kier molecular flexibility index (Phi) is 7.26. The van der Waals surface area contributed by atoms with Gasteiger partial charge in [-0.1, -0.05) is 42.5 Å². The van der Waals surface area contributed by atoms with Gasteiger partial charge in [0, 0.05) is 30.9 Å². The monoisotopic (exact) mass is 451 g/mol. The van der Waals surface area contributed by atoms with Crippen molar-refractivity contribution in [3.8, 4) is 10.6 Å². The Morgan fingerprint density at radius 1 is 1.09 bits per heavy atom. The van der Waals surface area contributed by atoms with Gasteiger partial charge >= 0.3 is 5.97 Å². The summed E-state index contributed by atoms with van der Waals surface area (Å²) in [5.74, 6) is -0.928. The SMILES string of the molecule is Cc1nc(-c2ccccc2)sc1C(=O)OCC(=O)Nc1ccc(CN2CCOCC2)cc1. The number of carbonyl (C=O) groups is 2. The normalized spacial score (nSPS) is 14.2. The summed E-state index contributed by atoms with van der Waals surface area (Å²) in [4.78, 5) is 31.9. The van der Waals surface area contributed by atoms with Crippen LogP contribution in [0.4, 0.5) is 5.69 Å². The Labute approximate surface area is 191 Å². The fourth-order valence-corrected chi connectivity index (χ4v) is 4.36. The molecule has 0 aliphatic carbocycles. The van der Waals surface area contributed by atoms with Gasteiger partial charge in [0.05, 0.1) is 18.9 Å². The summed E-state index contributed by atoms with van der Waals surface area (Å²) in [7, 11) is 0. The Balaban J connectivity index is 1.27. The van der Waals surface area contributed by atoms with Crippen molar-refractivity contribution in [1.29, 1.82) is 0 Å². The first-order valence-corrected chi connectivity index (χ1v) is 11.3. The Morgan fingerprint density at radius 3 is 2.53 bits per heavy atom. The number of carbonyl (C=O) groups excluding carboxylic acids is 2. The number of nitrogens with one attached hydrogen (secondary N) is 1. The van der Waals surface area contributed by atoms with Crippen LogP contribution >= 0.6 is 11.3 Å². The molecule has 32 heavy (non-hydrogen) atoms. The zero-order chi connectivity index (χ0) is 22.3. The molecule has 166 valence electrons. The number of anilines is 1. The van der Waals surface area contributed by atoms with Crippen molar-refractivity contribution >= 4 is 28.9 Å². The molecule has 3 aromatic rings. The summed E-state index contributed by atoms with van der Waals surface area (Å²) in [5.41, 5.74) is 3.37. The summed E-state index contributed by atoms with van der Waals surface area (Å²) >= 11 is 1.26. The van der Waals surface area contributed by atoms with Crippen molar-refractivity contribution in [2.24, 2.45) is 0 Å². The summed E-state index contributed by atoms with van der Waals surface area (Å²) in [6, 6.07) is 17.3. The minimum atomic E-state index is -0.543. The second-order valence-corrected chi connectivity index (χ2v) is 8.51. The average molecular weight is 452 g/mol. The summed E-state index contributed by atoms with van der Waals surface area (Å²) in [5, 5.41) is 3.51. The minimum Gasteiger partial charge on any atom is -0.451 e. The number of aromatic nitrogens is 1. The van der Waals surface area contributed by atoms with Gasteiger partial charge in [0.1, 0.15) is 9.88 Å². The predicted octanol–water partition coefficient (Wildman–Crippen LogP) is 3.75. The molecule has 0 saturated carbocycles. The first-order chi connectivity index (χ1) is 15.6.